The molecule has 2 rings (SSSR count). The maximum atomic E-state index is 12.9. The van der Waals surface area contributed by atoms with Gasteiger partial charge in [-0.25, -0.2) is 4.79 Å². The Kier molecular flexibility index (Phi) is 14.3. The minimum atomic E-state index is -0.152. The molecular weight excluding hydrogens is 446 g/mol. The van der Waals surface area contributed by atoms with Crippen molar-refractivity contribution in [3.8, 4) is 5.75 Å². The fraction of sp³-hybridized carbons (Fsp3) is 0.594. The molecule has 0 aromatic heterocycles. The smallest absolute Gasteiger partial charge is 0.364 e. The standard InChI is InChI=1S/C32H50NO3/c1-5-7-8-9-10-12-18-28-21-23-30(24-22-28)35-25-15-16-26-36-32(34)31(17-6-2)33(3,4)27-29-19-13-11-14-20-29/h11,13-14,19-24,31H,5-10,12,15-18,25-27H2,1-4H3/q+1. The third-order valence-electron chi connectivity index (χ3n) is 6.90. The van der Waals surface area contributed by atoms with Gasteiger partial charge in [0, 0.05) is 12.0 Å². The van der Waals surface area contributed by atoms with E-state index in [1.54, 1.807) is 0 Å². The van der Waals surface area contributed by atoms with Crippen LogP contribution in [-0.2, 0) is 22.5 Å². The van der Waals surface area contributed by atoms with Crippen molar-refractivity contribution in [2.24, 2.45) is 0 Å². The van der Waals surface area contributed by atoms with E-state index in [0.29, 0.717) is 17.7 Å². The minimum Gasteiger partial charge on any atom is -0.494 e. The second-order valence-electron chi connectivity index (χ2n) is 10.6. The molecule has 1 unspecified atom stereocenters. The van der Waals surface area contributed by atoms with Crippen molar-refractivity contribution in [2.75, 3.05) is 27.3 Å². The number of unbranched alkanes of at least 4 members (excludes halogenated alkanes) is 6. The number of likely N-dealkylation sites (N-methyl/N-ethyl adjacent to an activating group) is 1. The summed E-state index contributed by atoms with van der Waals surface area (Å²) in [5.41, 5.74) is 2.63. The van der Waals surface area contributed by atoms with Gasteiger partial charge in [0.15, 0.2) is 6.04 Å². The van der Waals surface area contributed by atoms with Crippen molar-refractivity contribution in [3.05, 3.63) is 65.7 Å². The first-order chi connectivity index (χ1) is 17.5. The molecular formula is C32H50NO3+. The molecule has 0 aliphatic heterocycles. The van der Waals surface area contributed by atoms with E-state index in [9.17, 15) is 4.79 Å². The maximum Gasteiger partial charge on any atom is 0.364 e. The Hall–Kier alpha value is -2.33. The van der Waals surface area contributed by atoms with Crippen molar-refractivity contribution in [2.45, 2.75) is 97.1 Å². The predicted octanol–water partition coefficient (Wildman–Crippen LogP) is 7.74. The van der Waals surface area contributed by atoms with Crippen LogP contribution in [0.15, 0.2) is 54.6 Å². The first-order valence-corrected chi connectivity index (χ1v) is 14.2. The van der Waals surface area contributed by atoms with Gasteiger partial charge in [0.2, 0.25) is 0 Å². The lowest BCUT2D eigenvalue weighted by molar-refractivity contribution is -0.920. The highest BCUT2D eigenvalue weighted by Gasteiger charge is 2.35. The van der Waals surface area contributed by atoms with Crippen molar-refractivity contribution in [3.63, 3.8) is 0 Å². The van der Waals surface area contributed by atoms with E-state index in [1.807, 2.05) is 6.07 Å². The van der Waals surface area contributed by atoms with Gasteiger partial charge in [0.1, 0.15) is 12.3 Å². The number of ether oxygens (including phenoxy) is 2. The first kappa shape index (κ1) is 29.9. The number of hydrogen-bond donors (Lipinski definition) is 0. The zero-order chi connectivity index (χ0) is 26.1. The number of carbonyl (C=O) groups excluding carboxylic acids is 1. The van der Waals surface area contributed by atoms with Crippen molar-refractivity contribution >= 4 is 5.97 Å². The van der Waals surface area contributed by atoms with Crippen LogP contribution in [0.2, 0.25) is 0 Å². The Bertz CT molecular complexity index is 832. The van der Waals surface area contributed by atoms with Crippen LogP contribution in [0.3, 0.4) is 0 Å². The van der Waals surface area contributed by atoms with E-state index < -0.39 is 0 Å². The molecule has 0 bridgehead atoms. The Morgan fingerprint density at radius 1 is 0.750 bits per heavy atom. The SMILES string of the molecule is CCCCCCCCc1ccc(OCCCCOC(=O)C(CCC)[N+](C)(C)Cc2ccccc2)cc1. The second-order valence-corrected chi connectivity index (χ2v) is 10.6. The monoisotopic (exact) mass is 496 g/mol. The van der Waals surface area contributed by atoms with Crippen LogP contribution in [-0.4, -0.2) is 43.8 Å². The van der Waals surface area contributed by atoms with Crippen LogP contribution in [0.4, 0.5) is 0 Å². The molecule has 4 heteroatoms. The van der Waals surface area contributed by atoms with E-state index in [2.05, 4.69) is 76.5 Å². The summed E-state index contributed by atoms with van der Waals surface area (Å²) >= 11 is 0. The molecule has 2 aromatic carbocycles. The average molecular weight is 497 g/mol. The number of benzene rings is 2. The molecule has 0 saturated carbocycles. The van der Waals surface area contributed by atoms with Crippen LogP contribution in [0.5, 0.6) is 5.75 Å². The first-order valence-electron chi connectivity index (χ1n) is 14.2. The number of carbonyl (C=O) groups is 1. The van der Waals surface area contributed by atoms with Gasteiger partial charge < -0.3 is 14.0 Å². The topological polar surface area (TPSA) is 35.5 Å². The van der Waals surface area contributed by atoms with Gasteiger partial charge in [-0.05, 0) is 49.8 Å². The van der Waals surface area contributed by atoms with E-state index in [-0.39, 0.29) is 12.0 Å². The summed E-state index contributed by atoms with van der Waals surface area (Å²) in [6.45, 7) is 6.29. The third-order valence-corrected chi connectivity index (χ3v) is 6.90. The van der Waals surface area contributed by atoms with Crippen LogP contribution in [0.1, 0.15) is 89.2 Å². The number of quaternary nitrogens is 1. The third kappa shape index (κ3) is 11.6. The van der Waals surface area contributed by atoms with E-state index in [0.717, 1.165) is 44.4 Å². The molecule has 0 aliphatic carbocycles. The molecule has 4 nitrogen and oxygen atoms in total. The zero-order valence-electron chi connectivity index (χ0n) is 23.3. The van der Waals surface area contributed by atoms with Crippen LogP contribution in [0, 0.1) is 0 Å². The molecule has 0 spiro atoms. The van der Waals surface area contributed by atoms with E-state index in [1.165, 1.54) is 49.7 Å². The molecule has 36 heavy (non-hydrogen) atoms. The summed E-state index contributed by atoms with van der Waals surface area (Å²) in [5.74, 6) is 0.835. The fourth-order valence-electron chi connectivity index (χ4n) is 4.72. The molecule has 0 aliphatic rings. The molecule has 0 N–H and O–H groups in total. The summed E-state index contributed by atoms with van der Waals surface area (Å²) in [6, 6.07) is 18.8. The number of esters is 1. The Labute approximate surface area is 220 Å². The molecule has 200 valence electrons. The highest BCUT2D eigenvalue weighted by atomic mass is 16.5. The van der Waals surface area contributed by atoms with Gasteiger partial charge in [-0.15, -0.1) is 0 Å². The Balaban J connectivity index is 1.64. The number of nitrogens with zero attached hydrogens (tertiary/aromatic N) is 1. The summed E-state index contributed by atoms with van der Waals surface area (Å²) < 4.78 is 12.2. The van der Waals surface area contributed by atoms with Gasteiger partial charge in [-0.1, -0.05) is 88.4 Å². The van der Waals surface area contributed by atoms with Gasteiger partial charge >= 0.3 is 5.97 Å². The van der Waals surface area contributed by atoms with Crippen LogP contribution in [0.25, 0.3) is 0 Å². The highest BCUT2D eigenvalue weighted by molar-refractivity contribution is 5.74. The van der Waals surface area contributed by atoms with Gasteiger partial charge in [0.05, 0.1) is 27.3 Å². The minimum absolute atomic E-state index is 0.0837. The summed E-state index contributed by atoms with van der Waals surface area (Å²) in [6.07, 6.45) is 12.6. The Morgan fingerprint density at radius 3 is 2.11 bits per heavy atom. The molecule has 2 aromatic rings. The summed E-state index contributed by atoms with van der Waals surface area (Å²) in [7, 11) is 4.25. The quantitative estimate of drug-likeness (QED) is 0.113. The molecule has 0 amide bonds. The average Bonchev–Trinajstić information content (AvgIpc) is 2.87. The summed E-state index contributed by atoms with van der Waals surface area (Å²) in [5, 5.41) is 0. The zero-order valence-corrected chi connectivity index (χ0v) is 23.3. The second kappa shape index (κ2) is 17.2. The van der Waals surface area contributed by atoms with Crippen LogP contribution < -0.4 is 4.74 Å². The predicted molar refractivity (Wildman–Crippen MR) is 150 cm³/mol. The highest BCUT2D eigenvalue weighted by Crippen LogP contribution is 2.20. The van der Waals surface area contributed by atoms with Crippen LogP contribution >= 0.6 is 0 Å². The van der Waals surface area contributed by atoms with Gasteiger partial charge in [0.25, 0.3) is 0 Å². The molecule has 0 fully saturated rings. The van der Waals surface area contributed by atoms with Gasteiger partial charge in [-0.2, -0.15) is 0 Å². The van der Waals surface area contributed by atoms with Gasteiger partial charge in [-0.3, -0.25) is 0 Å². The largest absolute Gasteiger partial charge is 0.494 e. The van der Waals surface area contributed by atoms with Crippen molar-refractivity contribution in [1.29, 1.82) is 0 Å². The normalized spacial score (nSPS) is 12.3. The summed E-state index contributed by atoms with van der Waals surface area (Å²) in [4.78, 5) is 12.9. The van der Waals surface area contributed by atoms with E-state index in [4.69, 9.17) is 9.47 Å². The number of aryl methyl sites for hydroxylation is 1. The molecule has 0 radical (unpaired) electrons. The Morgan fingerprint density at radius 2 is 1.42 bits per heavy atom. The maximum absolute atomic E-state index is 12.9. The van der Waals surface area contributed by atoms with Crippen molar-refractivity contribution < 1.29 is 18.8 Å². The number of rotatable bonds is 19. The number of hydrogen-bond acceptors (Lipinski definition) is 3. The lowest BCUT2D eigenvalue weighted by Crippen LogP contribution is -2.52. The lowest BCUT2D eigenvalue weighted by atomic mass is 10.0. The molecule has 0 heterocycles. The van der Waals surface area contributed by atoms with Crippen molar-refractivity contribution in [1.82, 2.24) is 0 Å². The molecule has 0 saturated heterocycles. The van der Waals surface area contributed by atoms with E-state index >= 15 is 0 Å². The fourth-order valence-corrected chi connectivity index (χ4v) is 4.72. The molecule has 1 atom stereocenters. The lowest BCUT2D eigenvalue weighted by Gasteiger charge is -2.36.